The Kier molecular flexibility index (Phi) is 3.17. The minimum Gasteiger partial charge on any atom is -0.266 e. The van der Waals surface area contributed by atoms with Gasteiger partial charge in [0.25, 0.3) is 5.91 Å². The lowest BCUT2D eigenvalue weighted by Gasteiger charge is -2.20. The van der Waals surface area contributed by atoms with E-state index in [0.717, 1.165) is 5.71 Å². The Bertz CT molecular complexity index is 658. The lowest BCUT2D eigenvalue weighted by molar-refractivity contribution is -0.113. The van der Waals surface area contributed by atoms with Gasteiger partial charge >= 0.3 is 0 Å². The van der Waals surface area contributed by atoms with E-state index >= 15 is 0 Å². The number of hydrogen-bond acceptors (Lipinski definition) is 2. The van der Waals surface area contributed by atoms with Crippen LogP contribution in [0.15, 0.2) is 58.5 Å². The summed E-state index contributed by atoms with van der Waals surface area (Å²) in [5, 5.41) is 0.0718. The van der Waals surface area contributed by atoms with Gasteiger partial charge in [0.05, 0.1) is 15.9 Å². The topological polar surface area (TPSA) is 29.4 Å². The van der Waals surface area contributed by atoms with Gasteiger partial charge in [-0.25, -0.2) is 9.38 Å². The summed E-state index contributed by atoms with van der Waals surface area (Å²) >= 11 is 1.44. The van der Waals surface area contributed by atoms with E-state index in [1.54, 1.807) is 18.2 Å². The number of halogens is 1. The first kappa shape index (κ1) is 12.1. The molecule has 1 heterocycles. The highest BCUT2D eigenvalue weighted by Crippen LogP contribution is 2.32. The highest BCUT2D eigenvalue weighted by atomic mass is 32.2. The Morgan fingerprint density at radius 1 is 1.32 bits per heavy atom. The molecule has 0 saturated carbocycles. The van der Waals surface area contributed by atoms with Gasteiger partial charge < -0.3 is 0 Å². The van der Waals surface area contributed by atoms with Crippen LogP contribution in [0, 0.1) is 5.82 Å². The Labute approximate surface area is 114 Å². The van der Waals surface area contributed by atoms with Crippen molar-refractivity contribution in [3.05, 3.63) is 64.9 Å². The van der Waals surface area contributed by atoms with Gasteiger partial charge in [-0.1, -0.05) is 30.4 Å². The summed E-state index contributed by atoms with van der Waals surface area (Å²) in [5.74, 6) is -0.576. The fourth-order valence-corrected chi connectivity index (χ4v) is 2.96. The van der Waals surface area contributed by atoms with E-state index in [-0.39, 0.29) is 17.0 Å². The zero-order chi connectivity index (χ0) is 13.2. The van der Waals surface area contributed by atoms with Gasteiger partial charge in [-0.05, 0) is 29.8 Å². The van der Waals surface area contributed by atoms with Crippen LogP contribution in [0.5, 0.6) is 0 Å². The number of fused-ring (bicyclic) bond motifs is 1. The molecule has 1 aliphatic carbocycles. The molecule has 1 amide bonds. The second-order valence-corrected chi connectivity index (χ2v) is 5.37. The first-order valence-electron chi connectivity index (χ1n) is 5.84. The minimum atomic E-state index is -0.313. The van der Waals surface area contributed by atoms with Crippen LogP contribution in [-0.2, 0) is 4.79 Å². The average Bonchev–Trinajstić information content (AvgIpc) is 2.40. The fourth-order valence-electron chi connectivity index (χ4n) is 1.92. The second kappa shape index (κ2) is 4.97. The molecule has 0 N–H and O–H groups in total. The predicted molar refractivity (Wildman–Crippen MR) is 76.5 cm³/mol. The van der Waals surface area contributed by atoms with Crippen LogP contribution >= 0.6 is 11.8 Å². The summed E-state index contributed by atoms with van der Waals surface area (Å²) in [5.41, 5.74) is 1.44. The number of allylic oxidation sites excluding steroid dienone is 3. The van der Waals surface area contributed by atoms with Crippen LogP contribution in [0.3, 0.4) is 0 Å². The maximum atomic E-state index is 13.1. The monoisotopic (exact) mass is 271 g/mol. The molecule has 1 atom stereocenters. The van der Waals surface area contributed by atoms with Gasteiger partial charge in [0, 0.05) is 0 Å². The summed E-state index contributed by atoms with van der Waals surface area (Å²) in [4.78, 5) is 16.5. The fraction of sp³-hybridized carbons (Fsp3) is 0.0667. The third kappa shape index (κ3) is 2.58. The van der Waals surface area contributed by atoms with E-state index in [0.29, 0.717) is 10.5 Å². The molecular weight excluding hydrogens is 261 g/mol. The van der Waals surface area contributed by atoms with Gasteiger partial charge in [0.15, 0.2) is 0 Å². The lowest BCUT2D eigenvalue weighted by atomic mass is 10.1. The summed E-state index contributed by atoms with van der Waals surface area (Å²) in [6, 6.07) is 6.16. The Balaban J connectivity index is 1.94. The van der Waals surface area contributed by atoms with Gasteiger partial charge in [-0.2, -0.15) is 0 Å². The molecule has 1 unspecified atom stereocenters. The lowest BCUT2D eigenvalue weighted by Crippen LogP contribution is -2.22. The van der Waals surface area contributed by atoms with E-state index in [9.17, 15) is 9.18 Å². The van der Waals surface area contributed by atoms with Crippen LogP contribution in [0.4, 0.5) is 4.39 Å². The summed E-state index contributed by atoms with van der Waals surface area (Å²) < 4.78 is 13.1. The standard InChI is InChI=1S/C15H10FNOS/c16-11-5-3-4-10(8-11)9-14-15(18)17-12-6-1-2-7-13(12)19-14/h1-9,13H/b14-9+. The van der Waals surface area contributed by atoms with Gasteiger partial charge in [-0.15, -0.1) is 11.8 Å². The first-order chi connectivity index (χ1) is 9.22. The summed E-state index contributed by atoms with van der Waals surface area (Å²) in [6.07, 6.45) is 9.32. The van der Waals surface area contributed by atoms with E-state index < -0.39 is 0 Å². The van der Waals surface area contributed by atoms with E-state index in [4.69, 9.17) is 0 Å². The molecule has 4 heteroatoms. The minimum absolute atomic E-state index is 0.0718. The van der Waals surface area contributed by atoms with Crippen LogP contribution < -0.4 is 0 Å². The van der Waals surface area contributed by atoms with E-state index in [1.165, 1.54) is 23.9 Å². The van der Waals surface area contributed by atoms with Gasteiger partial charge in [0.2, 0.25) is 0 Å². The Hall–Kier alpha value is -1.94. The van der Waals surface area contributed by atoms with Crippen LogP contribution in [-0.4, -0.2) is 16.9 Å². The van der Waals surface area contributed by atoms with Gasteiger partial charge in [-0.3, -0.25) is 4.79 Å². The molecule has 2 nitrogen and oxygen atoms in total. The molecule has 1 aromatic rings. The largest absolute Gasteiger partial charge is 0.283 e. The third-order valence-electron chi connectivity index (χ3n) is 2.80. The van der Waals surface area contributed by atoms with Crippen molar-refractivity contribution in [2.45, 2.75) is 5.25 Å². The Morgan fingerprint density at radius 2 is 2.21 bits per heavy atom. The van der Waals surface area contributed by atoms with Crippen molar-refractivity contribution in [1.29, 1.82) is 0 Å². The molecule has 0 saturated heterocycles. The number of nitrogens with zero attached hydrogens (tertiary/aromatic N) is 1. The molecule has 3 rings (SSSR count). The van der Waals surface area contributed by atoms with Crippen molar-refractivity contribution in [2.24, 2.45) is 4.99 Å². The smallest absolute Gasteiger partial charge is 0.266 e. The molecule has 0 bridgehead atoms. The van der Waals surface area contributed by atoms with E-state index in [1.807, 2.05) is 24.3 Å². The molecule has 19 heavy (non-hydrogen) atoms. The number of carbonyl (C=O) groups is 1. The number of carbonyl (C=O) groups excluding carboxylic acids is 1. The Morgan fingerprint density at radius 3 is 3.05 bits per heavy atom. The predicted octanol–water partition coefficient (Wildman–Crippen LogP) is 3.38. The highest BCUT2D eigenvalue weighted by Gasteiger charge is 2.25. The molecule has 0 fully saturated rings. The number of benzene rings is 1. The van der Waals surface area contributed by atoms with Gasteiger partial charge in [0.1, 0.15) is 5.82 Å². The van der Waals surface area contributed by atoms with Crippen molar-refractivity contribution in [2.75, 3.05) is 0 Å². The maximum absolute atomic E-state index is 13.1. The zero-order valence-electron chi connectivity index (χ0n) is 9.92. The molecule has 0 radical (unpaired) electrons. The van der Waals surface area contributed by atoms with Crippen LogP contribution in [0.2, 0.25) is 0 Å². The molecule has 1 aliphatic heterocycles. The number of hydrogen-bond donors (Lipinski definition) is 0. The highest BCUT2D eigenvalue weighted by molar-refractivity contribution is 8.05. The molecule has 94 valence electrons. The first-order valence-corrected chi connectivity index (χ1v) is 6.72. The molecule has 0 spiro atoms. The molecule has 2 aliphatic rings. The van der Waals surface area contributed by atoms with Crippen molar-refractivity contribution in [3.8, 4) is 0 Å². The normalized spacial score (nSPS) is 23.4. The number of rotatable bonds is 1. The van der Waals surface area contributed by atoms with Crippen molar-refractivity contribution >= 4 is 29.5 Å². The van der Waals surface area contributed by atoms with Crippen LogP contribution in [0.1, 0.15) is 5.56 Å². The second-order valence-electron chi connectivity index (χ2n) is 4.19. The third-order valence-corrected chi connectivity index (χ3v) is 4.00. The van der Waals surface area contributed by atoms with Crippen molar-refractivity contribution in [1.82, 2.24) is 0 Å². The maximum Gasteiger partial charge on any atom is 0.283 e. The SMILES string of the molecule is O=C1N=C2C=CC=CC2S/C1=C/c1cccc(F)c1. The summed E-state index contributed by atoms with van der Waals surface area (Å²) in [6.45, 7) is 0. The van der Waals surface area contributed by atoms with Crippen LogP contribution in [0.25, 0.3) is 6.08 Å². The average molecular weight is 271 g/mol. The zero-order valence-corrected chi connectivity index (χ0v) is 10.7. The van der Waals surface area contributed by atoms with Crippen molar-refractivity contribution < 1.29 is 9.18 Å². The molecule has 0 aromatic heterocycles. The number of aliphatic imine (C=N–C) groups is 1. The molecular formula is C15H10FNOS. The van der Waals surface area contributed by atoms with Crippen molar-refractivity contribution in [3.63, 3.8) is 0 Å². The number of amides is 1. The number of thioether (sulfide) groups is 1. The quantitative estimate of drug-likeness (QED) is 0.733. The summed E-state index contributed by atoms with van der Waals surface area (Å²) in [7, 11) is 0. The molecule has 1 aromatic carbocycles. The van der Waals surface area contributed by atoms with E-state index in [2.05, 4.69) is 4.99 Å².